The Morgan fingerprint density at radius 1 is 0.381 bits per heavy atom. The third kappa shape index (κ3) is 67.8. The van der Waals surface area contributed by atoms with Gasteiger partial charge >= 0.3 is 19.8 Å². The molecule has 0 saturated carbocycles. The summed E-state index contributed by atoms with van der Waals surface area (Å²) in [5.41, 5.74) is 0. The Hall–Kier alpha value is -3.33. The zero-order chi connectivity index (χ0) is 61.2. The fourth-order valence-corrected chi connectivity index (χ4v) is 10.2. The number of esters is 2. The highest BCUT2D eigenvalue weighted by atomic mass is 31.2. The number of carbonyl (C=O) groups excluding carboxylic acids is 2. The molecule has 0 bridgehead atoms. The van der Waals surface area contributed by atoms with E-state index < -0.39 is 26.5 Å². The second-order valence-corrected chi connectivity index (χ2v) is 25.6. The van der Waals surface area contributed by atoms with Gasteiger partial charge in [0.15, 0.2) is 6.10 Å². The van der Waals surface area contributed by atoms with Crippen LogP contribution in [0.1, 0.15) is 296 Å². The Morgan fingerprint density at radius 3 is 1.02 bits per heavy atom. The van der Waals surface area contributed by atoms with Crippen LogP contribution in [0.3, 0.4) is 0 Å². The van der Waals surface area contributed by atoms with Gasteiger partial charge < -0.3 is 18.9 Å². The van der Waals surface area contributed by atoms with E-state index in [0.717, 1.165) is 96.3 Å². The predicted molar refractivity (Wildman–Crippen MR) is 362 cm³/mol. The monoisotopic (exact) mass is 1190 g/mol. The van der Waals surface area contributed by atoms with Crippen molar-refractivity contribution in [3.63, 3.8) is 0 Å². The Balaban J connectivity index is 4.10. The molecule has 1 N–H and O–H groups in total. The van der Waals surface area contributed by atoms with Gasteiger partial charge in [-0.2, -0.15) is 0 Å². The van der Waals surface area contributed by atoms with Crippen LogP contribution in [0.25, 0.3) is 0 Å². The summed E-state index contributed by atoms with van der Waals surface area (Å²) in [6.45, 7) is 4.34. The molecule has 0 amide bonds. The van der Waals surface area contributed by atoms with Crippen LogP contribution in [0.2, 0.25) is 0 Å². The number of nitrogens with zero attached hydrogens (tertiary/aromatic N) is 1. The zero-order valence-electron chi connectivity index (χ0n) is 55.1. The third-order valence-electron chi connectivity index (χ3n) is 14.8. The maximum atomic E-state index is 12.9. The minimum atomic E-state index is -4.40. The summed E-state index contributed by atoms with van der Waals surface area (Å²) in [7, 11) is 1.47. The van der Waals surface area contributed by atoms with Crippen LogP contribution in [-0.2, 0) is 32.7 Å². The lowest BCUT2D eigenvalue weighted by Crippen LogP contribution is -2.37. The molecule has 0 saturated heterocycles. The summed E-state index contributed by atoms with van der Waals surface area (Å²) in [6, 6.07) is 0. The maximum Gasteiger partial charge on any atom is 0.472 e. The molecular weight excluding hydrogens is 1060 g/mol. The first-order chi connectivity index (χ1) is 41.0. The van der Waals surface area contributed by atoms with Gasteiger partial charge in [0.1, 0.15) is 19.8 Å². The molecular formula is C74H131NO8P+. The molecule has 0 heterocycles. The van der Waals surface area contributed by atoms with Crippen LogP contribution >= 0.6 is 7.82 Å². The SMILES string of the molecule is CC/C=C\C/C=C\C/C=C\C/C=C\C/C=C\C/C=C\C/C=C\C/C=C\CCCCCCCCCCCCC(=O)OC(COC(=O)CCCCCCCCCCCCCCC/C=C\CCCCCCCCCC)COP(=O)(O)OCC[N+](C)(C)C. The van der Waals surface area contributed by atoms with Crippen molar-refractivity contribution in [1.82, 2.24) is 0 Å². The standard InChI is InChI=1S/C74H130NO8P/c1-6-8-10-12-14-16-18-20-22-24-26-28-30-32-33-34-35-36-37-38-39-40-41-43-45-47-49-51-53-55-57-59-61-63-65-67-74(77)83-72(71-82-84(78,79)81-69-68-75(3,4)5)70-80-73(76)66-64-62-60-58-56-54-52-50-48-46-44-42-31-29-27-25-23-21-19-17-15-13-11-9-7-2/h8,10,14,16,20,22,25-28,32-33,35-36,38-39,41,43,72H,6-7,9,11-13,15,17-19,21,23-24,29-31,34,37,40,42,44-71H2,1-5H3/p+1/b10-8-,16-14-,22-20-,27-25-,28-26-,33-32-,36-35-,39-38-,43-41-. The third-order valence-corrected chi connectivity index (χ3v) is 15.8. The van der Waals surface area contributed by atoms with E-state index in [9.17, 15) is 19.0 Å². The van der Waals surface area contributed by atoms with Gasteiger partial charge in [0.2, 0.25) is 0 Å². The summed E-state index contributed by atoms with van der Waals surface area (Å²) in [5.74, 6) is -0.798. The van der Waals surface area contributed by atoms with Crippen LogP contribution in [0.15, 0.2) is 109 Å². The van der Waals surface area contributed by atoms with E-state index in [1.807, 2.05) is 21.1 Å². The Kier molecular flexibility index (Phi) is 61.6. The fourth-order valence-electron chi connectivity index (χ4n) is 9.50. The second kappa shape index (κ2) is 64.2. The maximum absolute atomic E-state index is 12.9. The highest BCUT2D eigenvalue weighted by Crippen LogP contribution is 2.43. The first-order valence-corrected chi connectivity index (χ1v) is 36.1. The number of hydrogen-bond acceptors (Lipinski definition) is 7. The van der Waals surface area contributed by atoms with Crippen molar-refractivity contribution in [2.75, 3.05) is 47.5 Å². The largest absolute Gasteiger partial charge is 0.472 e. The normalized spacial score (nSPS) is 13.8. The minimum absolute atomic E-state index is 0.0272. The number of ether oxygens (including phenoxy) is 2. The summed E-state index contributed by atoms with van der Waals surface area (Å²) < 4.78 is 34.7. The lowest BCUT2D eigenvalue weighted by atomic mass is 10.0. The number of quaternary nitrogens is 1. The number of phosphoric acid groups is 1. The van der Waals surface area contributed by atoms with Crippen molar-refractivity contribution in [2.45, 2.75) is 302 Å². The molecule has 84 heavy (non-hydrogen) atoms. The summed E-state index contributed by atoms with van der Waals surface area (Å²) in [6.07, 6.45) is 90.4. The first-order valence-electron chi connectivity index (χ1n) is 34.6. The molecule has 0 aromatic rings. The van der Waals surface area contributed by atoms with Gasteiger partial charge in [-0.15, -0.1) is 0 Å². The van der Waals surface area contributed by atoms with Crippen LogP contribution in [0.5, 0.6) is 0 Å². The van der Waals surface area contributed by atoms with Gasteiger partial charge in [0.05, 0.1) is 27.7 Å². The number of unbranched alkanes of at least 4 members (excludes halogenated alkanes) is 31. The fraction of sp³-hybridized carbons (Fsp3) is 0.730. The number of hydrogen-bond donors (Lipinski definition) is 1. The average Bonchev–Trinajstić information content (AvgIpc) is 3.61. The molecule has 0 aliphatic carbocycles. The van der Waals surface area contributed by atoms with E-state index in [4.69, 9.17) is 18.5 Å². The molecule has 0 fully saturated rings. The molecule has 0 rings (SSSR count). The highest BCUT2D eigenvalue weighted by molar-refractivity contribution is 7.47. The van der Waals surface area contributed by atoms with Gasteiger partial charge in [-0.25, -0.2) is 4.57 Å². The molecule has 0 spiro atoms. The Labute approximate surface area is 518 Å². The minimum Gasteiger partial charge on any atom is -0.462 e. The molecule has 0 aliphatic rings. The van der Waals surface area contributed by atoms with Crippen LogP contribution < -0.4 is 0 Å². The van der Waals surface area contributed by atoms with Crippen molar-refractivity contribution in [3.8, 4) is 0 Å². The molecule has 0 aromatic heterocycles. The Bertz CT molecular complexity index is 1790. The second-order valence-electron chi connectivity index (χ2n) is 24.2. The average molecular weight is 1190 g/mol. The van der Waals surface area contributed by atoms with E-state index in [-0.39, 0.29) is 32.0 Å². The van der Waals surface area contributed by atoms with Gasteiger partial charge in [-0.05, 0) is 103 Å². The molecule has 0 aromatic carbocycles. The lowest BCUT2D eigenvalue weighted by Gasteiger charge is -2.24. The van der Waals surface area contributed by atoms with E-state index in [0.29, 0.717) is 17.4 Å². The van der Waals surface area contributed by atoms with Gasteiger partial charge in [-0.3, -0.25) is 18.6 Å². The number of rotatable bonds is 63. The number of phosphoric ester groups is 1. The number of carbonyl (C=O) groups is 2. The molecule has 0 radical (unpaired) electrons. The van der Waals surface area contributed by atoms with Crippen molar-refractivity contribution in [1.29, 1.82) is 0 Å². The van der Waals surface area contributed by atoms with Gasteiger partial charge in [-0.1, -0.05) is 290 Å². The van der Waals surface area contributed by atoms with Gasteiger partial charge in [0.25, 0.3) is 0 Å². The smallest absolute Gasteiger partial charge is 0.462 e. The number of likely N-dealkylation sites (N-methyl/N-ethyl adjacent to an activating group) is 1. The highest BCUT2D eigenvalue weighted by Gasteiger charge is 2.27. The van der Waals surface area contributed by atoms with E-state index in [2.05, 4.69) is 123 Å². The van der Waals surface area contributed by atoms with Crippen LogP contribution in [0.4, 0.5) is 0 Å². The lowest BCUT2D eigenvalue weighted by molar-refractivity contribution is -0.870. The topological polar surface area (TPSA) is 108 Å². The first kappa shape index (κ1) is 80.7. The van der Waals surface area contributed by atoms with Crippen LogP contribution in [-0.4, -0.2) is 74.9 Å². The predicted octanol–water partition coefficient (Wildman–Crippen LogP) is 22.5. The molecule has 2 atom stereocenters. The summed E-state index contributed by atoms with van der Waals surface area (Å²) in [5, 5.41) is 0. The quantitative estimate of drug-likeness (QED) is 0.0211. The molecule has 2 unspecified atom stereocenters. The molecule has 484 valence electrons. The van der Waals surface area contributed by atoms with Gasteiger partial charge in [0, 0.05) is 12.8 Å². The zero-order valence-corrected chi connectivity index (χ0v) is 56.0. The summed E-state index contributed by atoms with van der Waals surface area (Å²) in [4.78, 5) is 35.9. The van der Waals surface area contributed by atoms with E-state index in [1.54, 1.807) is 0 Å². The summed E-state index contributed by atoms with van der Waals surface area (Å²) >= 11 is 0. The van der Waals surface area contributed by atoms with Crippen LogP contribution in [0, 0.1) is 0 Å². The molecule has 0 aliphatic heterocycles. The van der Waals surface area contributed by atoms with Crippen molar-refractivity contribution < 1.29 is 42.1 Å². The van der Waals surface area contributed by atoms with E-state index in [1.165, 1.54) is 167 Å². The van der Waals surface area contributed by atoms with E-state index >= 15 is 0 Å². The van der Waals surface area contributed by atoms with Crippen molar-refractivity contribution in [3.05, 3.63) is 109 Å². The molecule has 10 heteroatoms. The van der Waals surface area contributed by atoms with Crippen molar-refractivity contribution in [2.24, 2.45) is 0 Å². The Morgan fingerprint density at radius 2 is 0.679 bits per heavy atom. The number of allylic oxidation sites excluding steroid dienone is 18. The molecule has 9 nitrogen and oxygen atoms in total. The van der Waals surface area contributed by atoms with Crippen molar-refractivity contribution >= 4 is 19.8 Å².